The molecule has 0 spiro atoms. The maximum Gasteiger partial charge on any atom is 0.412 e. The number of likely N-dealkylation sites (N-methyl/N-ethyl adjacent to an activating group) is 1. The number of para-hydroxylation sites is 1. The molecule has 2 aromatic carbocycles. The third kappa shape index (κ3) is 4.48. The summed E-state index contributed by atoms with van der Waals surface area (Å²) in [6, 6.07) is 15.3. The van der Waals surface area contributed by atoms with Crippen LogP contribution in [-0.4, -0.2) is 47.6 Å². The second-order valence-electron chi connectivity index (χ2n) is 9.40. The number of aromatic nitrogens is 1. The maximum atomic E-state index is 12.8. The first-order chi connectivity index (χ1) is 15.1. The smallest absolute Gasteiger partial charge is 0.412 e. The van der Waals surface area contributed by atoms with Crippen LogP contribution in [0, 0.1) is 0 Å². The SMILES string of the molecule is CN(C)C(=O)[C@H]1Cc2c([nH]c3ccccc23)C(c2ccc(NC(=O)OC(C)(C)C)cc2)N1. The average molecular weight is 435 g/mol. The van der Waals surface area contributed by atoms with E-state index in [0.29, 0.717) is 12.1 Å². The molecule has 1 unspecified atom stereocenters. The molecule has 2 atom stereocenters. The molecule has 3 N–H and O–H groups in total. The van der Waals surface area contributed by atoms with Crippen molar-refractivity contribution in [3.63, 3.8) is 0 Å². The Hall–Kier alpha value is -3.32. The van der Waals surface area contributed by atoms with Gasteiger partial charge < -0.3 is 14.6 Å². The van der Waals surface area contributed by atoms with Gasteiger partial charge in [-0.25, -0.2) is 4.79 Å². The summed E-state index contributed by atoms with van der Waals surface area (Å²) in [5.41, 5.74) is 4.39. The molecule has 0 saturated carbocycles. The van der Waals surface area contributed by atoms with Gasteiger partial charge in [0.1, 0.15) is 5.60 Å². The number of amides is 2. The lowest BCUT2D eigenvalue weighted by molar-refractivity contribution is -0.131. The number of hydrogen-bond acceptors (Lipinski definition) is 4. The van der Waals surface area contributed by atoms with Gasteiger partial charge >= 0.3 is 6.09 Å². The predicted molar refractivity (Wildman–Crippen MR) is 126 cm³/mol. The summed E-state index contributed by atoms with van der Waals surface area (Å²) in [6.07, 6.45) is 0.140. The molecule has 2 heterocycles. The first kappa shape index (κ1) is 21.9. The number of nitrogens with one attached hydrogen (secondary N) is 3. The van der Waals surface area contributed by atoms with Crippen LogP contribution in [0.1, 0.15) is 43.6 Å². The number of carbonyl (C=O) groups excluding carboxylic acids is 2. The number of carbonyl (C=O) groups is 2. The van der Waals surface area contributed by atoms with Crippen molar-refractivity contribution in [3.05, 3.63) is 65.4 Å². The summed E-state index contributed by atoms with van der Waals surface area (Å²) in [5.74, 6) is 0.0501. The Morgan fingerprint density at radius 3 is 2.41 bits per heavy atom. The first-order valence-corrected chi connectivity index (χ1v) is 10.8. The van der Waals surface area contributed by atoms with Crippen LogP contribution in [-0.2, 0) is 16.0 Å². The number of fused-ring (bicyclic) bond motifs is 3. The van der Waals surface area contributed by atoms with E-state index in [2.05, 4.69) is 27.8 Å². The molecule has 7 nitrogen and oxygen atoms in total. The van der Waals surface area contributed by atoms with Gasteiger partial charge in [-0.1, -0.05) is 30.3 Å². The van der Waals surface area contributed by atoms with Crippen LogP contribution in [0.2, 0.25) is 0 Å². The molecule has 0 fully saturated rings. The zero-order chi connectivity index (χ0) is 23.0. The van der Waals surface area contributed by atoms with Crippen molar-refractivity contribution in [2.45, 2.75) is 44.9 Å². The molecular weight excluding hydrogens is 404 g/mol. The molecule has 1 aromatic heterocycles. The van der Waals surface area contributed by atoms with Crippen molar-refractivity contribution in [2.24, 2.45) is 0 Å². The molecule has 1 aliphatic heterocycles. The van der Waals surface area contributed by atoms with Crippen molar-refractivity contribution >= 4 is 28.6 Å². The third-order valence-electron chi connectivity index (χ3n) is 5.54. The van der Waals surface area contributed by atoms with E-state index < -0.39 is 11.7 Å². The number of rotatable bonds is 3. The van der Waals surface area contributed by atoms with E-state index in [0.717, 1.165) is 22.2 Å². The Kier molecular flexibility index (Phi) is 5.69. The fraction of sp³-hybridized carbons (Fsp3) is 0.360. The Balaban J connectivity index is 1.65. The first-order valence-electron chi connectivity index (χ1n) is 10.8. The van der Waals surface area contributed by atoms with Crippen LogP contribution in [0.3, 0.4) is 0 Å². The van der Waals surface area contributed by atoms with E-state index in [9.17, 15) is 9.59 Å². The van der Waals surface area contributed by atoms with Gasteiger partial charge in [-0.2, -0.15) is 0 Å². The topological polar surface area (TPSA) is 86.5 Å². The lowest BCUT2D eigenvalue weighted by Gasteiger charge is -2.32. The van der Waals surface area contributed by atoms with Gasteiger partial charge in [0, 0.05) is 36.4 Å². The highest BCUT2D eigenvalue weighted by Crippen LogP contribution is 2.35. The summed E-state index contributed by atoms with van der Waals surface area (Å²) in [4.78, 5) is 30.1. The minimum absolute atomic E-state index is 0.0501. The lowest BCUT2D eigenvalue weighted by atomic mass is 9.90. The molecule has 0 saturated heterocycles. The van der Waals surface area contributed by atoms with Crippen molar-refractivity contribution < 1.29 is 14.3 Å². The number of aromatic amines is 1. The summed E-state index contributed by atoms with van der Waals surface area (Å²) in [5, 5.41) is 7.43. The largest absolute Gasteiger partial charge is 0.444 e. The van der Waals surface area contributed by atoms with Gasteiger partial charge in [-0.05, 0) is 56.5 Å². The van der Waals surface area contributed by atoms with E-state index in [4.69, 9.17) is 4.74 Å². The fourth-order valence-electron chi connectivity index (χ4n) is 4.15. The van der Waals surface area contributed by atoms with E-state index >= 15 is 0 Å². The predicted octanol–water partition coefficient (Wildman–Crippen LogP) is 4.21. The van der Waals surface area contributed by atoms with E-state index in [1.807, 2.05) is 57.2 Å². The molecule has 0 bridgehead atoms. The van der Waals surface area contributed by atoms with Crippen molar-refractivity contribution in [1.82, 2.24) is 15.2 Å². The standard InChI is InChI=1S/C25H30N4O3/c1-25(2,3)32-24(31)26-16-12-10-15(11-13-16)21-22-18(14-20(28-21)23(30)29(4)5)17-8-6-7-9-19(17)27-22/h6-13,20-21,27-28H,14H2,1-5H3,(H,26,31)/t20-,21?/m1/s1. The van der Waals surface area contributed by atoms with Gasteiger partial charge in [0.25, 0.3) is 0 Å². The number of benzene rings is 2. The van der Waals surface area contributed by atoms with Gasteiger partial charge in [0.15, 0.2) is 0 Å². The van der Waals surface area contributed by atoms with Crippen LogP contribution in [0.15, 0.2) is 48.5 Å². The molecule has 168 valence electrons. The Morgan fingerprint density at radius 1 is 1.06 bits per heavy atom. The number of H-pyrrole nitrogens is 1. The van der Waals surface area contributed by atoms with Gasteiger partial charge in [-0.15, -0.1) is 0 Å². The van der Waals surface area contributed by atoms with Gasteiger partial charge in [-0.3, -0.25) is 15.4 Å². The quantitative estimate of drug-likeness (QED) is 0.576. The molecule has 32 heavy (non-hydrogen) atoms. The summed E-state index contributed by atoms with van der Waals surface area (Å²) in [7, 11) is 3.56. The fourth-order valence-corrected chi connectivity index (χ4v) is 4.15. The second kappa shape index (κ2) is 8.31. The highest BCUT2D eigenvalue weighted by Gasteiger charge is 2.34. The van der Waals surface area contributed by atoms with Crippen LogP contribution >= 0.6 is 0 Å². The molecule has 0 radical (unpaired) electrons. The zero-order valence-corrected chi connectivity index (χ0v) is 19.2. The van der Waals surface area contributed by atoms with Gasteiger partial charge in [0.05, 0.1) is 12.1 Å². The highest BCUT2D eigenvalue weighted by atomic mass is 16.6. The Morgan fingerprint density at radius 2 is 1.75 bits per heavy atom. The van der Waals surface area contributed by atoms with E-state index in [1.54, 1.807) is 19.0 Å². The van der Waals surface area contributed by atoms with Crippen LogP contribution < -0.4 is 10.6 Å². The maximum absolute atomic E-state index is 12.8. The minimum Gasteiger partial charge on any atom is -0.444 e. The monoisotopic (exact) mass is 434 g/mol. The Labute approximate surface area is 188 Å². The number of anilines is 1. The van der Waals surface area contributed by atoms with Gasteiger partial charge in [0.2, 0.25) is 5.91 Å². The average Bonchev–Trinajstić information content (AvgIpc) is 3.10. The number of ether oxygens (including phenoxy) is 1. The molecule has 2 amide bonds. The van der Waals surface area contributed by atoms with Crippen molar-refractivity contribution in [3.8, 4) is 0 Å². The van der Waals surface area contributed by atoms with E-state index in [1.165, 1.54) is 5.56 Å². The molecular formula is C25H30N4O3. The molecule has 3 aromatic rings. The van der Waals surface area contributed by atoms with Crippen LogP contribution in [0.25, 0.3) is 10.9 Å². The molecule has 4 rings (SSSR count). The number of hydrogen-bond donors (Lipinski definition) is 3. The summed E-state index contributed by atoms with van der Waals surface area (Å²) < 4.78 is 5.32. The van der Waals surface area contributed by atoms with Crippen molar-refractivity contribution in [2.75, 3.05) is 19.4 Å². The summed E-state index contributed by atoms with van der Waals surface area (Å²) in [6.45, 7) is 5.48. The zero-order valence-electron chi connectivity index (χ0n) is 19.2. The van der Waals surface area contributed by atoms with E-state index in [-0.39, 0.29) is 18.0 Å². The third-order valence-corrected chi connectivity index (χ3v) is 5.54. The minimum atomic E-state index is -0.559. The Bertz CT molecular complexity index is 1140. The molecule has 0 aliphatic carbocycles. The van der Waals surface area contributed by atoms with Crippen LogP contribution in [0.4, 0.5) is 10.5 Å². The lowest BCUT2D eigenvalue weighted by Crippen LogP contribution is -2.49. The molecule has 7 heteroatoms. The second-order valence-corrected chi connectivity index (χ2v) is 9.40. The van der Waals surface area contributed by atoms with Crippen molar-refractivity contribution in [1.29, 1.82) is 0 Å². The highest BCUT2D eigenvalue weighted by molar-refractivity contribution is 5.89. The normalized spacial score (nSPS) is 18.2. The van der Waals surface area contributed by atoms with Crippen LogP contribution in [0.5, 0.6) is 0 Å². The number of nitrogens with zero attached hydrogens (tertiary/aromatic N) is 1. The summed E-state index contributed by atoms with van der Waals surface area (Å²) >= 11 is 0. The molecule has 1 aliphatic rings.